The molecule has 1 heterocycles. The van der Waals surface area contributed by atoms with Crippen LogP contribution in [0.3, 0.4) is 0 Å². The van der Waals surface area contributed by atoms with Crippen molar-refractivity contribution in [1.29, 1.82) is 0 Å². The predicted molar refractivity (Wildman–Crippen MR) is 88.0 cm³/mol. The van der Waals surface area contributed by atoms with Gasteiger partial charge in [0.05, 0.1) is 11.4 Å². The molecule has 0 aliphatic carbocycles. The number of hydrogen-bond donors (Lipinski definition) is 0. The molecule has 0 saturated heterocycles. The second-order valence-corrected chi connectivity index (χ2v) is 6.31. The smallest absolute Gasteiger partial charge is 0.190 e. The van der Waals surface area contributed by atoms with Gasteiger partial charge in [-0.3, -0.25) is 0 Å². The van der Waals surface area contributed by atoms with Gasteiger partial charge in [0.25, 0.3) is 0 Å². The van der Waals surface area contributed by atoms with Gasteiger partial charge in [0.1, 0.15) is 5.82 Å². The zero-order valence-electron chi connectivity index (χ0n) is 11.3. The van der Waals surface area contributed by atoms with Gasteiger partial charge < -0.3 is 4.57 Å². The Bertz CT molecular complexity index is 817. The molecule has 5 heteroatoms. The fourth-order valence-corrected chi connectivity index (χ4v) is 3.17. The summed E-state index contributed by atoms with van der Waals surface area (Å²) in [7, 11) is 1.98. The molecule has 3 rings (SSSR count). The fraction of sp³-hybridized carbons (Fsp3) is 0.0625. The van der Waals surface area contributed by atoms with Gasteiger partial charge in [0, 0.05) is 16.9 Å². The number of halogens is 2. The summed E-state index contributed by atoms with van der Waals surface area (Å²) in [5.41, 5.74) is 2.99. The van der Waals surface area contributed by atoms with Crippen molar-refractivity contribution in [2.24, 2.45) is 12.0 Å². The van der Waals surface area contributed by atoms with E-state index in [-0.39, 0.29) is 5.82 Å². The number of hydrogen-bond acceptors (Lipinski definition) is 2. The molecule has 2 nitrogen and oxygen atoms in total. The van der Waals surface area contributed by atoms with Crippen LogP contribution in [0.25, 0.3) is 11.3 Å². The number of aromatic nitrogens is 1. The van der Waals surface area contributed by atoms with Crippen molar-refractivity contribution in [3.63, 3.8) is 0 Å². The molecule has 2 aromatic carbocycles. The van der Waals surface area contributed by atoms with E-state index in [9.17, 15) is 4.39 Å². The third kappa shape index (κ3) is 3.14. The SMILES string of the molecule is Cn1c(-c2ccc(Br)cc2)csc1=Nc1ccc(F)cc1. The number of thiazole rings is 1. The number of rotatable bonds is 2. The summed E-state index contributed by atoms with van der Waals surface area (Å²) in [6.45, 7) is 0. The van der Waals surface area contributed by atoms with Gasteiger partial charge in [-0.25, -0.2) is 9.38 Å². The van der Waals surface area contributed by atoms with E-state index < -0.39 is 0 Å². The first-order valence-corrected chi connectivity index (χ1v) is 8.01. The summed E-state index contributed by atoms with van der Waals surface area (Å²) in [6.07, 6.45) is 0. The highest BCUT2D eigenvalue weighted by molar-refractivity contribution is 9.10. The molecule has 0 saturated carbocycles. The largest absolute Gasteiger partial charge is 0.320 e. The summed E-state index contributed by atoms with van der Waals surface area (Å²) in [5, 5.41) is 2.07. The minimum absolute atomic E-state index is 0.250. The molecule has 106 valence electrons. The van der Waals surface area contributed by atoms with E-state index >= 15 is 0 Å². The summed E-state index contributed by atoms with van der Waals surface area (Å²) < 4.78 is 16.0. The van der Waals surface area contributed by atoms with Crippen molar-refractivity contribution in [1.82, 2.24) is 4.57 Å². The van der Waals surface area contributed by atoms with Crippen LogP contribution in [0.15, 0.2) is 63.4 Å². The van der Waals surface area contributed by atoms with Crippen LogP contribution in [0.5, 0.6) is 0 Å². The molecule has 0 aliphatic rings. The monoisotopic (exact) mass is 362 g/mol. The van der Waals surface area contributed by atoms with Crippen molar-refractivity contribution in [3.05, 3.63) is 69.0 Å². The zero-order valence-corrected chi connectivity index (χ0v) is 13.7. The van der Waals surface area contributed by atoms with E-state index in [1.165, 1.54) is 12.1 Å². The summed E-state index contributed by atoms with van der Waals surface area (Å²) in [4.78, 5) is 5.43. The molecule has 0 fully saturated rings. The average molecular weight is 363 g/mol. The number of nitrogens with zero attached hydrogens (tertiary/aromatic N) is 2. The average Bonchev–Trinajstić information content (AvgIpc) is 2.84. The van der Waals surface area contributed by atoms with Gasteiger partial charge in [-0.2, -0.15) is 0 Å². The van der Waals surface area contributed by atoms with Gasteiger partial charge in [-0.15, -0.1) is 11.3 Å². The Kier molecular flexibility index (Phi) is 4.03. The molecule has 0 bridgehead atoms. The Balaban J connectivity index is 2.02. The van der Waals surface area contributed by atoms with Crippen LogP contribution in [0.2, 0.25) is 0 Å². The maximum atomic E-state index is 12.9. The number of benzene rings is 2. The molecule has 0 unspecified atom stereocenters. The highest BCUT2D eigenvalue weighted by atomic mass is 79.9. The lowest BCUT2D eigenvalue weighted by Crippen LogP contribution is -2.10. The molecule has 0 spiro atoms. The zero-order chi connectivity index (χ0) is 14.8. The minimum Gasteiger partial charge on any atom is -0.320 e. The van der Waals surface area contributed by atoms with Crippen molar-refractivity contribution in [2.45, 2.75) is 0 Å². The van der Waals surface area contributed by atoms with Crippen LogP contribution < -0.4 is 4.80 Å². The standard InChI is InChI=1S/C16H12BrFN2S/c1-20-15(11-2-4-12(17)5-3-11)10-21-16(20)19-14-8-6-13(18)7-9-14/h2-10H,1H3. The quantitative estimate of drug-likeness (QED) is 0.617. The third-order valence-corrected chi connectivity index (χ3v) is 4.56. The van der Waals surface area contributed by atoms with Crippen LogP contribution in [-0.2, 0) is 7.05 Å². The molecule has 0 atom stereocenters. The summed E-state index contributed by atoms with van der Waals surface area (Å²) in [5.74, 6) is -0.250. The van der Waals surface area contributed by atoms with Crippen molar-refractivity contribution in [2.75, 3.05) is 0 Å². The lowest BCUT2D eigenvalue weighted by atomic mass is 10.2. The normalized spacial score (nSPS) is 11.9. The maximum Gasteiger partial charge on any atom is 0.190 e. The van der Waals surface area contributed by atoms with Crippen LogP contribution in [0.1, 0.15) is 0 Å². The lowest BCUT2D eigenvalue weighted by molar-refractivity contribution is 0.628. The second-order valence-electron chi connectivity index (χ2n) is 4.56. The topological polar surface area (TPSA) is 17.3 Å². The summed E-state index contributed by atoms with van der Waals surface area (Å²) >= 11 is 5.00. The molecule has 0 N–H and O–H groups in total. The van der Waals surface area contributed by atoms with Crippen molar-refractivity contribution >= 4 is 33.0 Å². The molecule has 1 aromatic heterocycles. The fourth-order valence-electron chi connectivity index (χ4n) is 1.98. The molecule has 3 aromatic rings. The van der Waals surface area contributed by atoms with E-state index in [4.69, 9.17) is 0 Å². The third-order valence-electron chi connectivity index (χ3n) is 3.12. The van der Waals surface area contributed by atoms with E-state index in [2.05, 4.69) is 38.4 Å². The van der Waals surface area contributed by atoms with Crippen LogP contribution in [0, 0.1) is 5.82 Å². The highest BCUT2D eigenvalue weighted by Gasteiger charge is 2.04. The molecule has 21 heavy (non-hydrogen) atoms. The van der Waals surface area contributed by atoms with E-state index in [1.807, 2.05) is 23.7 Å². The second kappa shape index (κ2) is 5.95. The van der Waals surface area contributed by atoms with E-state index in [0.29, 0.717) is 0 Å². The molecular formula is C16H12BrFN2S. The van der Waals surface area contributed by atoms with Crippen molar-refractivity contribution in [3.8, 4) is 11.3 Å². The Morgan fingerprint density at radius 1 is 1.05 bits per heavy atom. The van der Waals surface area contributed by atoms with Gasteiger partial charge >= 0.3 is 0 Å². The first-order chi connectivity index (χ1) is 10.1. The summed E-state index contributed by atoms with van der Waals surface area (Å²) in [6, 6.07) is 14.3. The van der Waals surface area contributed by atoms with Crippen LogP contribution in [-0.4, -0.2) is 4.57 Å². The van der Waals surface area contributed by atoms with Crippen LogP contribution in [0.4, 0.5) is 10.1 Å². The molecule has 0 aliphatic heterocycles. The van der Waals surface area contributed by atoms with Gasteiger partial charge in [-0.05, 0) is 42.0 Å². The van der Waals surface area contributed by atoms with Crippen molar-refractivity contribution < 1.29 is 4.39 Å². The van der Waals surface area contributed by atoms with Gasteiger partial charge in [-0.1, -0.05) is 28.1 Å². The Morgan fingerprint density at radius 3 is 2.38 bits per heavy atom. The Hall–Kier alpha value is -1.72. The van der Waals surface area contributed by atoms with Gasteiger partial charge in [0.15, 0.2) is 4.80 Å². The first kappa shape index (κ1) is 14.2. The lowest BCUT2D eigenvalue weighted by Gasteiger charge is -2.03. The van der Waals surface area contributed by atoms with E-state index in [1.54, 1.807) is 23.5 Å². The van der Waals surface area contributed by atoms with Gasteiger partial charge in [0.2, 0.25) is 0 Å². The maximum absolute atomic E-state index is 12.9. The molecular weight excluding hydrogens is 351 g/mol. The van der Waals surface area contributed by atoms with E-state index in [0.717, 1.165) is 26.2 Å². The Morgan fingerprint density at radius 2 is 1.71 bits per heavy atom. The minimum atomic E-state index is -0.250. The Labute approximate surface area is 134 Å². The molecule has 0 amide bonds. The first-order valence-electron chi connectivity index (χ1n) is 6.34. The predicted octanol–water partition coefficient (Wildman–Crippen LogP) is 4.89. The van der Waals surface area contributed by atoms with Crippen LogP contribution >= 0.6 is 27.3 Å². The molecule has 0 radical (unpaired) electrons. The highest BCUT2D eigenvalue weighted by Crippen LogP contribution is 2.22.